The average molecular weight is 420 g/mol. The minimum absolute atomic E-state index is 0.450. The van der Waals surface area contributed by atoms with Gasteiger partial charge in [0.2, 0.25) is 10.0 Å². The highest BCUT2D eigenvalue weighted by Gasteiger charge is 2.64. The number of hydrogen-bond acceptors (Lipinski definition) is 5. The van der Waals surface area contributed by atoms with Crippen molar-refractivity contribution in [3.05, 3.63) is 60.4 Å². The monoisotopic (exact) mass is 420 g/mol. The van der Waals surface area contributed by atoms with Crippen molar-refractivity contribution in [3.8, 4) is 0 Å². The maximum atomic E-state index is 14.0. The van der Waals surface area contributed by atoms with Crippen LogP contribution in [0.1, 0.15) is 6.92 Å². The summed E-state index contributed by atoms with van der Waals surface area (Å²) in [6, 6.07) is 9.95. The summed E-state index contributed by atoms with van der Waals surface area (Å²) < 4.78 is 86.3. The molecule has 0 unspecified atom stereocenters. The van der Waals surface area contributed by atoms with Gasteiger partial charge in [0.15, 0.2) is 0 Å². The molecule has 2 aromatic rings. The van der Waals surface area contributed by atoms with E-state index in [0.717, 1.165) is 30.3 Å². The summed E-state index contributed by atoms with van der Waals surface area (Å²) in [6.07, 6.45) is -5.48. The van der Waals surface area contributed by atoms with E-state index in [1.54, 1.807) is 5.32 Å². The molecule has 0 heterocycles. The second kappa shape index (κ2) is 8.15. The van der Waals surface area contributed by atoms with Crippen LogP contribution < -0.4 is 10.0 Å². The molecule has 0 aromatic heterocycles. The molecule has 0 fully saturated rings. The van der Waals surface area contributed by atoms with Crippen molar-refractivity contribution < 1.29 is 35.5 Å². The van der Waals surface area contributed by atoms with Crippen molar-refractivity contribution in [2.75, 3.05) is 11.9 Å². The molecule has 2 N–H and O–H groups in total. The number of carbonyl (C=O) groups excluding carboxylic acids is 1. The summed E-state index contributed by atoms with van der Waals surface area (Å²) in [4.78, 5) is 11.8. The van der Waals surface area contributed by atoms with E-state index < -0.39 is 50.8 Å². The molecular weight excluding hydrogens is 404 g/mol. The van der Waals surface area contributed by atoms with Crippen LogP contribution in [0, 0.1) is 5.82 Å². The zero-order valence-electron chi connectivity index (χ0n) is 14.5. The number of sulfonamides is 1. The van der Waals surface area contributed by atoms with Crippen molar-refractivity contribution in [3.63, 3.8) is 0 Å². The Morgan fingerprint density at radius 2 is 1.71 bits per heavy atom. The minimum Gasteiger partial charge on any atom is -0.463 e. The number of anilines is 1. The average Bonchev–Trinajstić information content (AvgIpc) is 2.61. The van der Waals surface area contributed by atoms with Gasteiger partial charge in [-0.15, -0.1) is 0 Å². The van der Waals surface area contributed by atoms with Crippen LogP contribution >= 0.6 is 0 Å². The molecule has 0 spiro atoms. The summed E-state index contributed by atoms with van der Waals surface area (Å²) in [5.74, 6) is -2.83. The second-order valence-electron chi connectivity index (χ2n) is 5.52. The normalized spacial score (nSPS) is 14.2. The maximum absolute atomic E-state index is 14.0. The van der Waals surface area contributed by atoms with E-state index >= 15 is 0 Å². The largest absolute Gasteiger partial charge is 0.463 e. The van der Waals surface area contributed by atoms with Gasteiger partial charge in [0.25, 0.3) is 5.66 Å². The van der Waals surface area contributed by atoms with Crippen LogP contribution in [0.3, 0.4) is 0 Å². The zero-order valence-corrected chi connectivity index (χ0v) is 15.3. The lowest BCUT2D eigenvalue weighted by molar-refractivity contribution is -0.202. The van der Waals surface area contributed by atoms with Crippen LogP contribution in [0.4, 0.5) is 23.2 Å². The summed E-state index contributed by atoms with van der Waals surface area (Å²) in [5.41, 5.74) is -4.37. The summed E-state index contributed by atoms with van der Waals surface area (Å²) in [6.45, 7) is 0.807. The van der Waals surface area contributed by atoms with E-state index in [1.807, 2.05) is 0 Å². The Morgan fingerprint density at radius 1 is 1.07 bits per heavy atom. The van der Waals surface area contributed by atoms with Gasteiger partial charge in [0.1, 0.15) is 5.82 Å². The molecule has 11 heteroatoms. The molecule has 0 saturated carbocycles. The van der Waals surface area contributed by atoms with E-state index in [0.29, 0.717) is 6.07 Å². The lowest BCUT2D eigenvalue weighted by Crippen LogP contribution is -2.69. The van der Waals surface area contributed by atoms with Crippen LogP contribution in [0.15, 0.2) is 59.5 Å². The molecule has 0 bridgehead atoms. The lowest BCUT2D eigenvalue weighted by atomic mass is 10.1. The van der Waals surface area contributed by atoms with Gasteiger partial charge in [0.05, 0.1) is 11.5 Å². The van der Waals surface area contributed by atoms with Gasteiger partial charge < -0.3 is 10.1 Å². The lowest BCUT2D eigenvalue weighted by Gasteiger charge is -2.35. The fourth-order valence-electron chi connectivity index (χ4n) is 2.24. The van der Waals surface area contributed by atoms with Crippen molar-refractivity contribution >= 4 is 21.7 Å². The third-order valence-corrected chi connectivity index (χ3v) is 4.97. The molecule has 0 amide bonds. The Kier molecular flexibility index (Phi) is 6.30. The zero-order chi connectivity index (χ0) is 21.0. The second-order valence-corrected chi connectivity index (χ2v) is 7.20. The third-order valence-electron chi connectivity index (χ3n) is 3.50. The first-order chi connectivity index (χ1) is 13.0. The van der Waals surface area contributed by atoms with Gasteiger partial charge in [-0.05, 0) is 37.3 Å². The van der Waals surface area contributed by atoms with E-state index in [4.69, 9.17) is 0 Å². The van der Waals surface area contributed by atoms with Gasteiger partial charge in [0, 0.05) is 5.69 Å². The third kappa shape index (κ3) is 4.60. The SMILES string of the molecule is CCOC(=O)[C@@](Nc1cccc(F)c1)(NS(=O)(=O)c1ccccc1)C(F)(F)F. The number of carbonyl (C=O) groups is 1. The first-order valence-electron chi connectivity index (χ1n) is 7.88. The number of benzene rings is 2. The first kappa shape index (κ1) is 21.6. The predicted octanol–water partition coefficient (Wildman–Crippen LogP) is 3.04. The summed E-state index contributed by atoms with van der Waals surface area (Å²) in [7, 11) is -4.82. The maximum Gasteiger partial charge on any atom is 0.437 e. The van der Waals surface area contributed by atoms with E-state index in [2.05, 4.69) is 4.74 Å². The van der Waals surface area contributed by atoms with E-state index in [1.165, 1.54) is 29.8 Å². The molecule has 152 valence electrons. The summed E-state index contributed by atoms with van der Waals surface area (Å²) in [5, 5.41) is 1.75. The van der Waals surface area contributed by atoms with Gasteiger partial charge >= 0.3 is 12.1 Å². The molecule has 6 nitrogen and oxygen atoms in total. The Labute approximate surface area is 158 Å². The summed E-state index contributed by atoms with van der Waals surface area (Å²) >= 11 is 0. The van der Waals surface area contributed by atoms with Crippen molar-refractivity contribution in [2.24, 2.45) is 0 Å². The molecule has 2 aromatic carbocycles. The van der Waals surface area contributed by atoms with Crippen molar-refractivity contribution in [2.45, 2.75) is 23.7 Å². The van der Waals surface area contributed by atoms with E-state index in [-0.39, 0.29) is 0 Å². The molecule has 0 aliphatic rings. The van der Waals surface area contributed by atoms with Crippen molar-refractivity contribution in [1.82, 2.24) is 4.72 Å². The van der Waals surface area contributed by atoms with Gasteiger partial charge in [-0.3, -0.25) is 0 Å². The van der Waals surface area contributed by atoms with Crippen LogP contribution in [-0.4, -0.2) is 32.8 Å². The topological polar surface area (TPSA) is 84.5 Å². The van der Waals surface area contributed by atoms with Crippen molar-refractivity contribution in [1.29, 1.82) is 0 Å². The standard InChI is InChI=1S/C17H16F4N2O4S/c1-2-27-15(24)16(17(19,20)21,22-13-8-6-7-12(18)11-13)23-28(25,26)14-9-4-3-5-10-14/h3-11,22-23H,2H2,1H3/t16-/m1/s1. The van der Waals surface area contributed by atoms with Gasteiger partial charge in [-0.25, -0.2) is 17.6 Å². The number of esters is 1. The number of nitrogens with one attached hydrogen (secondary N) is 2. The highest BCUT2D eigenvalue weighted by Crippen LogP contribution is 2.34. The van der Waals surface area contributed by atoms with Crippen LogP contribution in [0.5, 0.6) is 0 Å². The fraction of sp³-hybridized carbons (Fsp3) is 0.235. The highest BCUT2D eigenvalue weighted by molar-refractivity contribution is 7.89. The fourth-order valence-corrected chi connectivity index (χ4v) is 3.53. The van der Waals surface area contributed by atoms with Gasteiger partial charge in [-0.1, -0.05) is 24.3 Å². The van der Waals surface area contributed by atoms with E-state index in [9.17, 15) is 30.8 Å². The minimum atomic E-state index is -5.48. The number of halogens is 4. The molecule has 0 saturated heterocycles. The Bertz CT molecular complexity index is 936. The first-order valence-corrected chi connectivity index (χ1v) is 9.37. The predicted molar refractivity (Wildman–Crippen MR) is 92.2 cm³/mol. The quantitative estimate of drug-likeness (QED) is 0.409. The smallest absolute Gasteiger partial charge is 0.437 e. The molecule has 0 radical (unpaired) electrons. The van der Waals surface area contributed by atoms with Crippen LogP contribution in [-0.2, 0) is 19.6 Å². The number of rotatable bonds is 7. The molecular formula is C17H16F4N2O4S. The molecule has 0 aliphatic heterocycles. The van der Waals surface area contributed by atoms with Crippen LogP contribution in [0.25, 0.3) is 0 Å². The Morgan fingerprint density at radius 3 is 2.25 bits per heavy atom. The molecule has 28 heavy (non-hydrogen) atoms. The highest BCUT2D eigenvalue weighted by atomic mass is 32.2. The Hall–Kier alpha value is -2.66. The number of hydrogen-bond donors (Lipinski definition) is 2. The molecule has 0 aliphatic carbocycles. The molecule has 1 atom stereocenters. The number of alkyl halides is 3. The molecule has 2 rings (SSSR count). The number of ether oxygens (including phenoxy) is 1. The van der Waals surface area contributed by atoms with Crippen LogP contribution in [0.2, 0.25) is 0 Å². The Balaban J connectivity index is 2.60. The van der Waals surface area contributed by atoms with Gasteiger partial charge in [-0.2, -0.15) is 17.9 Å².